The van der Waals surface area contributed by atoms with Crippen molar-refractivity contribution in [2.45, 2.75) is 77.2 Å². The molecule has 1 amide bonds. The topological polar surface area (TPSA) is 111 Å². The zero-order chi connectivity index (χ0) is 32.8. The van der Waals surface area contributed by atoms with Gasteiger partial charge in [0.25, 0.3) is 0 Å². The first-order valence-electron chi connectivity index (χ1n) is 17.5. The molecule has 246 valence electrons. The minimum absolute atomic E-state index is 0.0506. The number of hydroxylamine groups is 1. The van der Waals surface area contributed by atoms with Gasteiger partial charge in [0, 0.05) is 22.9 Å². The minimum Gasteiger partial charge on any atom is -0.341 e. The molecule has 9 rings (SSSR count). The van der Waals surface area contributed by atoms with Crippen LogP contribution < -0.4 is 10.8 Å². The van der Waals surface area contributed by atoms with Crippen molar-refractivity contribution in [1.82, 2.24) is 35.6 Å². The highest BCUT2D eigenvalue weighted by Gasteiger charge is 2.47. The third-order valence-electron chi connectivity index (χ3n) is 11.5. The molecule has 2 saturated heterocycles. The number of H-pyrrole nitrogens is 2. The molecule has 2 unspecified atom stereocenters. The Hall–Kier alpha value is -4.31. The van der Waals surface area contributed by atoms with Gasteiger partial charge < -0.3 is 25.0 Å². The Labute approximate surface area is 279 Å². The fraction of sp³-hybridized carbons (Fsp3) is 0.410. The number of amides is 1. The molecule has 48 heavy (non-hydrogen) atoms. The lowest BCUT2D eigenvalue weighted by atomic mass is 9.98. The number of hydrogen-bond donors (Lipinski definition) is 4. The number of nitrogens with zero attached hydrogens (tertiary/aromatic N) is 3. The summed E-state index contributed by atoms with van der Waals surface area (Å²) in [4.78, 5) is 38.5. The molecule has 2 aromatic heterocycles. The maximum Gasteiger partial charge on any atom is 0.243 e. The average Bonchev–Trinajstić information content (AvgIpc) is 3.51. The standard InChI is InChI=1S/C39H43N7O2/c1-19(2)34(45-48-5)39(47)46-21(4)20(3)14-33(46)38-42-30-13-9-25-16-23(7-11-28(25)36(30)44-38)22-6-10-27-24(15-22)8-12-29-35(27)43-37(41-29)32-18-26-17-31(26)40-32/h6-13,15-16,19-21,26,31-34,40,45H,14,17-18H2,1-5H3,(H,41,43)(H,42,44)/t20?,21-,26?,31-,32+,33+,34+/m1/s1. The largest absolute Gasteiger partial charge is 0.341 e. The van der Waals surface area contributed by atoms with Crippen LogP contribution in [0, 0.1) is 17.8 Å². The molecule has 7 atom stereocenters. The van der Waals surface area contributed by atoms with E-state index in [-0.39, 0.29) is 23.9 Å². The first-order valence-corrected chi connectivity index (χ1v) is 17.5. The van der Waals surface area contributed by atoms with Crippen LogP contribution in [0.15, 0.2) is 60.7 Å². The first kappa shape index (κ1) is 29.8. The van der Waals surface area contributed by atoms with Gasteiger partial charge in [-0.2, -0.15) is 5.48 Å². The van der Waals surface area contributed by atoms with Gasteiger partial charge in [-0.3, -0.25) is 4.79 Å². The number of fused-ring (bicyclic) bond motifs is 7. The molecule has 4 N–H and O–H groups in total. The lowest BCUT2D eigenvalue weighted by Gasteiger charge is -2.33. The number of imidazole rings is 2. The highest BCUT2D eigenvalue weighted by molar-refractivity contribution is 6.07. The van der Waals surface area contributed by atoms with Crippen molar-refractivity contribution < 1.29 is 9.63 Å². The zero-order valence-electron chi connectivity index (χ0n) is 28.2. The van der Waals surface area contributed by atoms with E-state index in [1.165, 1.54) is 29.2 Å². The summed E-state index contributed by atoms with van der Waals surface area (Å²) in [6.07, 6.45) is 3.36. The van der Waals surface area contributed by atoms with Crippen molar-refractivity contribution in [2.75, 3.05) is 7.11 Å². The van der Waals surface area contributed by atoms with Crippen LogP contribution >= 0.6 is 0 Å². The summed E-state index contributed by atoms with van der Waals surface area (Å²) in [7, 11) is 1.56. The average molecular weight is 642 g/mol. The maximum atomic E-state index is 13.9. The molecule has 3 aliphatic rings. The number of piperidine rings is 1. The van der Waals surface area contributed by atoms with Crippen molar-refractivity contribution in [3.63, 3.8) is 0 Å². The van der Waals surface area contributed by atoms with Crippen LogP contribution in [0.25, 0.3) is 54.7 Å². The summed E-state index contributed by atoms with van der Waals surface area (Å²) in [5.41, 5.74) is 9.35. The highest BCUT2D eigenvalue weighted by Crippen LogP contribution is 2.46. The van der Waals surface area contributed by atoms with Gasteiger partial charge >= 0.3 is 0 Å². The minimum atomic E-state index is -0.425. The SMILES string of the molecule is CON[C@H](C(=O)N1[C@H](C)C(C)C[C@H]1c1nc2c(ccc3cc(-c4ccc5c(ccc6[nH]c([C@@H]7CC8C[C@H]8N7)nc65)c4)ccc32)[nH]1)C(C)C. The van der Waals surface area contributed by atoms with Crippen LogP contribution in [-0.2, 0) is 9.63 Å². The summed E-state index contributed by atoms with van der Waals surface area (Å²) in [6.45, 7) is 8.44. The van der Waals surface area contributed by atoms with Gasteiger partial charge in [0.05, 0.1) is 41.3 Å². The Morgan fingerprint density at radius 2 is 1.48 bits per heavy atom. The van der Waals surface area contributed by atoms with Gasteiger partial charge in [0.1, 0.15) is 17.7 Å². The number of rotatable bonds is 7. The molecule has 0 radical (unpaired) electrons. The molecule has 4 heterocycles. The second-order valence-electron chi connectivity index (χ2n) is 14.9. The van der Waals surface area contributed by atoms with Crippen LogP contribution in [0.5, 0.6) is 0 Å². The summed E-state index contributed by atoms with van der Waals surface area (Å²) < 4.78 is 0. The normalized spacial score (nSPS) is 26.0. The monoisotopic (exact) mass is 641 g/mol. The highest BCUT2D eigenvalue weighted by atomic mass is 16.6. The van der Waals surface area contributed by atoms with Crippen molar-refractivity contribution in [1.29, 1.82) is 0 Å². The van der Waals surface area contributed by atoms with Gasteiger partial charge in [0.2, 0.25) is 5.91 Å². The molecule has 1 saturated carbocycles. The van der Waals surface area contributed by atoms with Gasteiger partial charge in [-0.1, -0.05) is 57.2 Å². The molecular weight excluding hydrogens is 598 g/mol. The third-order valence-corrected chi connectivity index (χ3v) is 11.5. The number of aromatic nitrogens is 4. The van der Waals surface area contributed by atoms with Crippen LogP contribution in [-0.4, -0.2) is 56.0 Å². The Kier molecular flexibility index (Phi) is 6.90. The zero-order valence-corrected chi connectivity index (χ0v) is 28.2. The molecule has 0 spiro atoms. The Bertz CT molecular complexity index is 2210. The van der Waals surface area contributed by atoms with Crippen molar-refractivity contribution in [2.24, 2.45) is 17.8 Å². The smallest absolute Gasteiger partial charge is 0.243 e. The van der Waals surface area contributed by atoms with E-state index in [9.17, 15) is 4.79 Å². The summed E-state index contributed by atoms with van der Waals surface area (Å²) in [5.74, 6) is 3.23. The predicted octanol–water partition coefficient (Wildman–Crippen LogP) is 7.31. The molecule has 3 fully saturated rings. The summed E-state index contributed by atoms with van der Waals surface area (Å²) in [6, 6.07) is 22.6. The number of likely N-dealkylation sites (tertiary alicyclic amines) is 1. The third kappa shape index (κ3) is 4.74. The van der Waals surface area contributed by atoms with Crippen LogP contribution in [0.4, 0.5) is 0 Å². The lowest BCUT2D eigenvalue weighted by molar-refractivity contribution is -0.142. The van der Waals surface area contributed by atoms with Crippen LogP contribution in [0.1, 0.15) is 70.7 Å². The summed E-state index contributed by atoms with van der Waals surface area (Å²) in [5, 5.41) is 8.32. The molecule has 1 aliphatic carbocycles. The summed E-state index contributed by atoms with van der Waals surface area (Å²) >= 11 is 0. The van der Waals surface area contributed by atoms with E-state index in [0.717, 1.165) is 62.4 Å². The predicted molar refractivity (Wildman–Crippen MR) is 190 cm³/mol. The van der Waals surface area contributed by atoms with Gasteiger partial charge in [0.15, 0.2) is 0 Å². The quantitative estimate of drug-likeness (QED) is 0.136. The molecule has 6 aromatic rings. The molecule has 0 bridgehead atoms. The maximum absolute atomic E-state index is 13.9. The number of hydrogen-bond acceptors (Lipinski definition) is 6. The van der Waals surface area contributed by atoms with E-state index in [1.807, 2.05) is 18.7 Å². The van der Waals surface area contributed by atoms with E-state index in [4.69, 9.17) is 14.8 Å². The molecule has 9 heteroatoms. The first-order chi connectivity index (χ1) is 23.3. The van der Waals surface area contributed by atoms with Crippen LogP contribution in [0.2, 0.25) is 0 Å². The second-order valence-corrected chi connectivity index (χ2v) is 14.9. The van der Waals surface area contributed by atoms with Crippen molar-refractivity contribution in [3.05, 3.63) is 72.3 Å². The van der Waals surface area contributed by atoms with E-state index >= 15 is 0 Å². The van der Waals surface area contributed by atoms with E-state index < -0.39 is 6.04 Å². The van der Waals surface area contributed by atoms with E-state index in [1.54, 1.807) is 7.11 Å². The van der Waals surface area contributed by atoms with Crippen molar-refractivity contribution >= 4 is 49.5 Å². The number of carbonyl (C=O) groups excluding carboxylic acids is 1. The van der Waals surface area contributed by atoms with Gasteiger partial charge in [-0.05, 0) is 90.1 Å². The Morgan fingerprint density at radius 1 is 0.854 bits per heavy atom. The van der Waals surface area contributed by atoms with E-state index in [0.29, 0.717) is 18.0 Å². The van der Waals surface area contributed by atoms with Crippen molar-refractivity contribution in [3.8, 4) is 11.1 Å². The fourth-order valence-electron chi connectivity index (χ4n) is 8.43. The van der Waals surface area contributed by atoms with Gasteiger partial charge in [-0.25, -0.2) is 9.97 Å². The molecular formula is C39H43N7O2. The number of nitrogens with one attached hydrogen (secondary N) is 4. The fourth-order valence-corrected chi connectivity index (χ4v) is 8.43. The molecule has 9 nitrogen and oxygen atoms in total. The Balaban J connectivity index is 1.03. The number of benzene rings is 4. The van der Waals surface area contributed by atoms with Gasteiger partial charge in [-0.15, -0.1) is 0 Å². The number of carbonyl (C=O) groups is 1. The molecule has 2 aliphatic heterocycles. The lowest BCUT2D eigenvalue weighted by Crippen LogP contribution is -2.51. The van der Waals surface area contributed by atoms with Crippen LogP contribution in [0.3, 0.4) is 0 Å². The Morgan fingerprint density at radius 3 is 2.06 bits per heavy atom. The second kappa shape index (κ2) is 11.1. The number of aromatic amines is 2. The van der Waals surface area contributed by atoms with E-state index in [2.05, 4.69) is 95.3 Å². The molecule has 4 aromatic carbocycles.